The van der Waals surface area contributed by atoms with Gasteiger partial charge < -0.3 is 14.7 Å². The van der Waals surface area contributed by atoms with Crippen molar-refractivity contribution in [2.24, 2.45) is 5.92 Å². The molecule has 4 nitrogen and oxygen atoms in total. The molecular formula is C19H39NO3. The Balaban J connectivity index is 3.61. The summed E-state index contributed by atoms with van der Waals surface area (Å²) >= 11 is 0. The summed E-state index contributed by atoms with van der Waals surface area (Å²) in [6, 6.07) is 0. The van der Waals surface area contributed by atoms with E-state index in [4.69, 9.17) is 9.84 Å². The molecule has 0 aromatic heterocycles. The lowest BCUT2D eigenvalue weighted by atomic mass is 10.1. The fourth-order valence-corrected chi connectivity index (χ4v) is 2.53. The van der Waals surface area contributed by atoms with Gasteiger partial charge >= 0.3 is 5.97 Å². The summed E-state index contributed by atoms with van der Waals surface area (Å²) in [6.45, 7) is 9.96. The van der Waals surface area contributed by atoms with E-state index < -0.39 is 0 Å². The van der Waals surface area contributed by atoms with E-state index in [9.17, 15) is 4.79 Å². The van der Waals surface area contributed by atoms with Gasteiger partial charge in [-0.3, -0.25) is 4.79 Å². The van der Waals surface area contributed by atoms with E-state index in [0.717, 1.165) is 38.9 Å². The zero-order valence-electron chi connectivity index (χ0n) is 15.7. The van der Waals surface area contributed by atoms with E-state index in [1.807, 2.05) is 13.8 Å². The van der Waals surface area contributed by atoms with Crippen molar-refractivity contribution in [1.82, 2.24) is 4.90 Å². The molecule has 0 aliphatic heterocycles. The summed E-state index contributed by atoms with van der Waals surface area (Å²) in [4.78, 5) is 13.9. The van der Waals surface area contributed by atoms with Crippen LogP contribution in [0.25, 0.3) is 0 Å². The third-order valence-electron chi connectivity index (χ3n) is 3.93. The Morgan fingerprint density at radius 2 is 1.57 bits per heavy atom. The number of carbonyl (C=O) groups is 1. The minimum atomic E-state index is -0.0677. The second kappa shape index (κ2) is 16.3. The van der Waals surface area contributed by atoms with E-state index >= 15 is 0 Å². The molecule has 1 N–H and O–H groups in total. The van der Waals surface area contributed by atoms with Crippen molar-refractivity contribution < 1.29 is 14.6 Å². The number of carbonyl (C=O) groups excluding carboxylic acids is 1. The predicted molar refractivity (Wildman–Crippen MR) is 96.5 cm³/mol. The maximum atomic E-state index is 11.5. The average molecular weight is 330 g/mol. The summed E-state index contributed by atoms with van der Waals surface area (Å²) in [5.74, 6) is 0.338. The Morgan fingerprint density at radius 1 is 0.957 bits per heavy atom. The van der Waals surface area contributed by atoms with Crippen LogP contribution in [0.3, 0.4) is 0 Å². The first kappa shape index (κ1) is 22.4. The van der Waals surface area contributed by atoms with Crippen LogP contribution in [0.2, 0.25) is 0 Å². The Morgan fingerprint density at radius 3 is 2.13 bits per heavy atom. The summed E-state index contributed by atoms with van der Waals surface area (Å²) in [7, 11) is 0. The summed E-state index contributed by atoms with van der Waals surface area (Å²) < 4.78 is 5.17. The number of hydrogen-bond donors (Lipinski definition) is 1. The van der Waals surface area contributed by atoms with E-state index in [1.165, 1.54) is 32.1 Å². The van der Waals surface area contributed by atoms with Gasteiger partial charge in [-0.2, -0.15) is 0 Å². The molecule has 0 saturated heterocycles. The predicted octanol–water partition coefficient (Wildman–Crippen LogP) is 4.01. The number of esters is 1. The second-order valence-corrected chi connectivity index (χ2v) is 6.87. The first-order chi connectivity index (χ1) is 11.1. The largest absolute Gasteiger partial charge is 0.465 e. The zero-order valence-corrected chi connectivity index (χ0v) is 15.7. The summed E-state index contributed by atoms with van der Waals surface area (Å²) in [6.07, 6.45) is 10.0. The zero-order chi connectivity index (χ0) is 17.3. The van der Waals surface area contributed by atoms with Crippen LogP contribution < -0.4 is 0 Å². The van der Waals surface area contributed by atoms with Gasteiger partial charge in [0, 0.05) is 13.0 Å². The highest BCUT2D eigenvalue weighted by Crippen LogP contribution is 2.07. The number of aliphatic hydroxyl groups excluding tert-OH is 1. The third-order valence-corrected chi connectivity index (χ3v) is 3.93. The average Bonchev–Trinajstić information content (AvgIpc) is 2.52. The molecule has 0 radical (unpaired) electrons. The Kier molecular flexibility index (Phi) is 15.8. The molecule has 0 aliphatic rings. The topological polar surface area (TPSA) is 49.8 Å². The number of hydrogen-bond acceptors (Lipinski definition) is 4. The Labute approximate surface area is 143 Å². The standard InChI is InChI=1S/C19H39NO3/c1-4-5-6-7-10-13-20(15-16-21)14-11-8-9-12-19(22)23-17-18(2)3/h18,21H,4-17H2,1-3H3. The van der Waals surface area contributed by atoms with Gasteiger partial charge in [0.15, 0.2) is 0 Å². The van der Waals surface area contributed by atoms with Crippen LogP contribution in [0.5, 0.6) is 0 Å². The van der Waals surface area contributed by atoms with Crippen molar-refractivity contribution in [2.45, 2.75) is 78.6 Å². The first-order valence-electron chi connectivity index (χ1n) is 9.59. The van der Waals surface area contributed by atoms with Crippen molar-refractivity contribution in [1.29, 1.82) is 0 Å². The molecule has 0 saturated carbocycles. The molecule has 0 amide bonds. The van der Waals surface area contributed by atoms with Gasteiger partial charge in [0.1, 0.15) is 0 Å². The number of ether oxygens (including phenoxy) is 1. The van der Waals surface area contributed by atoms with Crippen LogP contribution in [0.15, 0.2) is 0 Å². The van der Waals surface area contributed by atoms with Crippen LogP contribution in [0, 0.1) is 5.92 Å². The van der Waals surface area contributed by atoms with Crippen LogP contribution in [0.1, 0.15) is 78.6 Å². The van der Waals surface area contributed by atoms with E-state index in [1.54, 1.807) is 0 Å². The van der Waals surface area contributed by atoms with E-state index in [2.05, 4.69) is 11.8 Å². The highest BCUT2D eigenvalue weighted by molar-refractivity contribution is 5.69. The molecule has 0 aliphatic carbocycles. The lowest BCUT2D eigenvalue weighted by molar-refractivity contribution is -0.144. The van der Waals surface area contributed by atoms with Crippen molar-refractivity contribution in [3.05, 3.63) is 0 Å². The molecule has 0 unspecified atom stereocenters. The SMILES string of the molecule is CCCCCCCN(CCO)CCCCCC(=O)OCC(C)C. The smallest absolute Gasteiger partial charge is 0.305 e. The maximum absolute atomic E-state index is 11.5. The number of rotatable bonds is 16. The van der Waals surface area contributed by atoms with Gasteiger partial charge in [-0.15, -0.1) is 0 Å². The van der Waals surface area contributed by atoms with Crippen molar-refractivity contribution in [3.63, 3.8) is 0 Å². The summed E-state index contributed by atoms with van der Waals surface area (Å²) in [5.41, 5.74) is 0. The molecule has 0 spiro atoms. The number of aliphatic hydroxyl groups is 1. The third kappa shape index (κ3) is 16.0. The van der Waals surface area contributed by atoms with Crippen molar-refractivity contribution in [3.8, 4) is 0 Å². The quantitative estimate of drug-likeness (QED) is 0.343. The molecule has 0 atom stereocenters. The molecule has 0 rings (SSSR count). The first-order valence-corrected chi connectivity index (χ1v) is 9.59. The number of nitrogens with zero attached hydrogens (tertiary/aromatic N) is 1. The van der Waals surface area contributed by atoms with Crippen LogP contribution in [0.4, 0.5) is 0 Å². The lowest BCUT2D eigenvalue weighted by Crippen LogP contribution is -2.29. The van der Waals surface area contributed by atoms with Gasteiger partial charge in [0.2, 0.25) is 0 Å². The maximum Gasteiger partial charge on any atom is 0.305 e. The van der Waals surface area contributed by atoms with Crippen molar-refractivity contribution >= 4 is 5.97 Å². The normalized spacial score (nSPS) is 11.4. The molecule has 23 heavy (non-hydrogen) atoms. The van der Waals surface area contributed by atoms with Crippen LogP contribution in [-0.4, -0.2) is 48.8 Å². The molecule has 0 heterocycles. The summed E-state index contributed by atoms with van der Waals surface area (Å²) in [5, 5.41) is 9.15. The molecule has 0 aromatic rings. The Bertz CT molecular complexity index is 269. The fraction of sp³-hybridized carbons (Fsp3) is 0.947. The highest BCUT2D eigenvalue weighted by Gasteiger charge is 2.06. The number of unbranched alkanes of at least 4 members (excludes halogenated alkanes) is 6. The molecule has 4 heteroatoms. The highest BCUT2D eigenvalue weighted by atomic mass is 16.5. The second-order valence-electron chi connectivity index (χ2n) is 6.87. The van der Waals surface area contributed by atoms with E-state index in [0.29, 0.717) is 18.9 Å². The molecule has 0 bridgehead atoms. The van der Waals surface area contributed by atoms with Gasteiger partial charge in [-0.05, 0) is 38.3 Å². The minimum absolute atomic E-state index is 0.0677. The minimum Gasteiger partial charge on any atom is -0.465 e. The van der Waals surface area contributed by atoms with Gasteiger partial charge in [0.05, 0.1) is 13.2 Å². The van der Waals surface area contributed by atoms with Gasteiger partial charge in [0.25, 0.3) is 0 Å². The van der Waals surface area contributed by atoms with Crippen molar-refractivity contribution in [2.75, 3.05) is 32.8 Å². The lowest BCUT2D eigenvalue weighted by Gasteiger charge is -2.21. The molecular weight excluding hydrogens is 290 g/mol. The molecule has 0 fully saturated rings. The molecule has 0 aromatic carbocycles. The van der Waals surface area contributed by atoms with Gasteiger partial charge in [-0.1, -0.05) is 52.9 Å². The van der Waals surface area contributed by atoms with Gasteiger partial charge in [-0.25, -0.2) is 0 Å². The monoisotopic (exact) mass is 329 g/mol. The van der Waals surface area contributed by atoms with Crippen LogP contribution in [-0.2, 0) is 9.53 Å². The Hall–Kier alpha value is -0.610. The van der Waals surface area contributed by atoms with Crippen LogP contribution >= 0.6 is 0 Å². The molecule has 138 valence electrons. The fourth-order valence-electron chi connectivity index (χ4n) is 2.53. The van der Waals surface area contributed by atoms with E-state index in [-0.39, 0.29) is 12.6 Å².